The number of carbonyl (C=O) groups excluding carboxylic acids is 2. The lowest BCUT2D eigenvalue weighted by molar-refractivity contribution is -0.112. The summed E-state index contributed by atoms with van der Waals surface area (Å²) in [4.78, 5) is 26.3. The first kappa shape index (κ1) is 11.1. The molecule has 0 radical (unpaired) electrons. The lowest BCUT2D eigenvalue weighted by atomic mass is 10.1. The molecule has 78 valence electrons. The normalized spacial score (nSPS) is 19.7. The van der Waals surface area contributed by atoms with E-state index >= 15 is 0 Å². The molecular formula is C10H16N2O2. The fourth-order valence-electron chi connectivity index (χ4n) is 1.83. The van der Waals surface area contributed by atoms with Gasteiger partial charge in [-0.3, -0.25) is 4.90 Å². The molecule has 1 heterocycles. The van der Waals surface area contributed by atoms with Gasteiger partial charge in [0.15, 0.2) is 0 Å². The van der Waals surface area contributed by atoms with Crippen molar-refractivity contribution < 1.29 is 9.59 Å². The molecule has 0 spiro atoms. The summed E-state index contributed by atoms with van der Waals surface area (Å²) in [6.07, 6.45) is 6.69. The maximum atomic E-state index is 10.8. The van der Waals surface area contributed by atoms with Crippen molar-refractivity contribution in [2.45, 2.75) is 31.7 Å². The Morgan fingerprint density at radius 1 is 1.36 bits per heavy atom. The Labute approximate surface area is 84.0 Å². The predicted molar refractivity (Wildman–Crippen MR) is 52.9 cm³/mol. The van der Waals surface area contributed by atoms with E-state index in [4.69, 9.17) is 0 Å². The van der Waals surface area contributed by atoms with Crippen molar-refractivity contribution >= 4 is 12.4 Å². The molecule has 0 amide bonds. The maximum Gasteiger partial charge on any atom is 0.234 e. The van der Waals surface area contributed by atoms with Gasteiger partial charge in [-0.05, 0) is 32.4 Å². The molecule has 0 bridgehead atoms. The molecule has 1 fully saturated rings. The summed E-state index contributed by atoms with van der Waals surface area (Å²) in [5, 5.41) is 0. The largest absolute Gasteiger partial charge is 0.302 e. The third-order valence-corrected chi connectivity index (χ3v) is 2.62. The van der Waals surface area contributed by atoms with Crippen LogP contribution < -0.4 is 0 Å². The molecule has 1 aliphatic heterocycles. The zero-order valence-corrected chi connectivity index (χ0v) is 8.32. The Morgan fingerprint density at radius 3 is 2.64 bits per heavy atom. The molecule has 4 nitrogen and oxygen atoms in total. The number of hydrogen-bond donors (Lipinski definition) is 0. The number of carbonyl (C=O) groups is 1. The average molecular weight is 196 g/mol. The van der Waals surface area contributed by atoms with Gasteiger partial charge in [-0.25, -0.2) is 9.79 Å². The Kier molecular flexibility index (Phi) is 5.12. The van der Waals surface area contributed by atoms with Gasteiger partial charge in [0.1, 0.15) is 6.29 Å². The van der Waals surface area contributed by atoms with Gasteiger partial charge in [0, 0.05) is 0 Å². The van der Waals surface area contributed by atoms with Crippen LogP contribution in [0.5, 0.6) is 0 Å². The van der Waals surface area contributed by atoms with Crippen LogP contribution in [0, 0.1) is 0 Å². The van der Waals surface area contributed by atoms with Crippen LogP contribution in [-0.2, 0) is 9.59 Å². The smallest absolute Gasteiger partial charge is 0.234 e. The molecule has 1 aliphatic rings. The predicted octanol–water partition coefficient (Wildman–Crippen LogP) is 0.766. The molecule has 0 aromatic carbocycles. The van der Waals surface area contributed by atoms with Crippen molar-refractivity contribution in [3.8, 4) is 0 Å². The summed E-state index contributed by atoms with van der Waals surface area (Å²) in [6.45, 7) is 2.39. The minimum Gasteiger partial charge on any atom is -0.302 e. The first-order valence-corrected chi connectivity index (χ1v) is 5.11. The van der Waals surface area contributed by atoms with E-state index in [0.717, 1.165) is 19.4 Å². The van der Waals surface area contributed by atoms with Crippen LogP contribution in [0.4, 0.5) is 0 Å². The highest BCUT2D eigenvalue weighted by Crippen LogP contribution is 2.12. The van der Waals surface area contributed by atoms with E-state index < -0.39 is 0 Å². The zero-order valence-electron chi connectivity index (χ0n) is 8.32. The topological polar surface area (TPSA) is 49.7 Å². The monoisotopic (exact) mass is 196 g/mol. The van der Waals surface area contributed by atoms with Crippen LogP contribution in [0.1, 0.15) is 25.7 Å². The first-order chi connectivity index (χ1) is 6.88. The Hall–Kier alpha value is -0.990. The van der Waals surface area contributed by atoms with E-state index in [-0.39, 0.29) is 6.04 Å². The zero-order chi connectivity index (χ0) is 10.2. The molecule has 0 saturated carbocycles. The van der Waals surface area contributed by atoms with Gasteiger partial charge in [0.2, 0.25) is 6.08 Å². The maximum absolute atomic E-state index is 10.8. The molecule has 0 N–H and O–H groups in total. The summed E-state index contributed by atoms with van der Waals surface area (Å²) < 4.78 is 0. The second-order valence-electron chi connectivity index (χ2n) is 3.56. The number of rotatable bonds is 5. The van der Waals surface area contributed by atoms with E-state index in [9.17, 15) is 9.59 Å². The van der Waals surface area contributed by atoms with Gasteiger partial charge in [-0.1, -0.05) is 6.42 Å². The third-order valence-electron chi connectivity index (χ3n) is 2.62. The van der Waals surface area contributed by atoms with Crippen molar-refractivity contribution in [1.29, 1.82) is 0 Å². The lowest BCUT2D eigenvalue weighted by Crippen LogP contribution is -2.40. The Morgan fingerprint density at radius 2 is 2.07 bits per heavy atom. The minimum absolute atomic E-state index is 0.0626. The number of hydrogen-bond acceptors (Lipinski definition) is 4. The summed E-state index contributed by atoms with van der Waals surface area (Å²) in [5.41, 5.74) is 0. The van der Waals surface area contributed by atoms with Crippen molar-refractivity contribution in [3.05, 3.63) is 0 Å². The second-order valence-corrected chi connectivity index (χ2v) is 3.56. The number of likely N-dealkylation sites (tertiary alicyclic amines) is 1. The van der Waals surface area contributed by atoms with Crippen LogP contribution in [-0.4, -0.2) is 42.9 Å². The van der Waals surface area contributed by atoms with Crippen molar-refractivity contribution in [3.63, 3.8) is 0 Å². The van der Waals surface area contributed by atoms with E-state index in [1.165, 1.54) is 25.3 Å². The van der Waals surface area contributed by atoms with Crippen molar-refractivity contribution in [2.75, 3.05) is 19.6 Å². The highest BCUT2D eigenvalue weighted by Gasteiger charge is 2.19. The van der Waals surface area contributed by atoms with E-state index in [2.05, 4.69) is 9.89 Å². The van der Waals surface area contributed by atoms with E-state index in [1.807, 2.05) is 0 Å². The van der Waals surface area contributed by atoms with Crippen LogP contribution in [0.2, 0.25) is 0 Å². The summed E-state index contributed by atoms with van der Waals surface area (Å²) in [6, 6.07) is -0.0626. The Balaban J connectivity index is 2.35. The minimum atomic E-state index is -0.0626. The molecule has 1 rings (SSSR count). The SMILES string of the molecule is O=C=NCCC(C=O)N1CCCCC1. The average Bonchev–Trinajstić information content (AvgIpc) is 2.26. The molecule has 1 atom stereocenters. The second kappa shape index (κ2) is 6.46. The lowest BCUT2D eigenvalue weighted by Gasteiger charge is -2.30. The quantitative estimate of drug-likeness (QED) is 0.370. The molecule has 0 aliphatic carbocycles. The van der Waals surface area contributed by atoms with Gasteiger partial charge in [0.25, 0.3) is 0 Å². The van der Waals surface area contributed by atoms with Gasteiger partial charge in [-0.15, -0.1) is 0 Å². The van der Waals surface area contributed by atoms with Gasteiger partial charge < -0.3 is 4.79 Å². The number of aliphatic imine (C=N–C) groups is 1. The Bertz CT molecular complexity index is 218. The molecule has 0 aromatic rings. The molecular weight excluding hydrogens is 180 g/mol. The van der Waals surface area contributed by atoms with Crippen LogP contribution in [0.3, 0.4) is 0 Å². The molecule has 4 heteroatoms. The highest BCUT2D eigenvalue weighted by molar-refractivity contribution is 5.57. The van der Waals surface area contributed by atoms with Crippen LogP contribution in [0.15, 0.2) is 4.99 Å². The number of piperidine rings is 1. The van der Waals surface area contributed by atoms with E-state index in [0.29, 0.717) is 13.0 Å². The molecule has 1 saturated heterocycles. The first-order valence-electron chi connectivity index (χ1n) is 5.11. The molecule has 1 unspecified atom stereocenters. The fourth-order valence-corrected chi connectivity index (χ4v) is 1.83. The molecule has 0 aromatic heterocycles. The third kappa shape index (κ3) is 3.40. The number of nitrogens with zero attached hydrogens (tertiary/aromatic N) is 2. The van der Waals surface area contributed by atoms with Crippen molar-refractivity contribution in [1.82, 2.24) is 4.90 Å². The van der Waals surface area contributed by atoms with Gasteiger partial charge in [0.05, 0.1) is 12.6 Å². The number of isocyanates is 1. The fraction of sp³-hybridized carbons (Fsp3) is 0.800. The summed E-state index contributed by atoms with van der Waals surface area (Å²) in [5.74, 6) is 0. The summed E-state index contributed by atoms with van der Waals surface area (Å²) >= 11 is 0. The highest BCUT2D eigenvalue weighted by atomic mass is 16.1. The van der Waals surface area contributed by atoms with Crippen LogP contribution in [0.25, 0.3) is 0 Å². The molecule has 14 heavy (non-hydrogen) atoms. The summed E-state index contributed by atoms with van der Waals surface area (Å²) in [7, 11) is 0. The number of aldehydes is 1. The van der Waals surface area contributed by atoms with E-state index in [1.54, 1.807) is 0 Å². The van der Waals surface area contributed by atoms with Gasteiger partial charge >= 0.3 is 0 Å². The standard InChI is InChI=1S/C10H16N2O2/c13-8-10(4-5-11-9-14)12-6-2-1-3-7-12/h8,10H,1-7H2. The van der Waals surface area contributed by atoms with Gasteiger partial charge in [-0.2, -0.15) is 0 Å². The van der Waals surface area contributed by atoms with Crippen molar-refractivity contribution in [2.24, 2.45) is 4.99 Å². The van der Waals surface area contributed by atoms with Crippen LogP contribution >= 0.6 is 0 Å².